The molecule has 18 heavy (non-hydrogen) atoms. The van der Waals surface area contributed by atoms with Crippen LogP contribution in [-0.2, 0) is 4.79 Å². The Bertz CT molecular complexity index is 390. The van der Waals surface area contributed by atoms with Crippen molar-refractivity contribution < 1.29 is 4.79 Å². The Morgan fingerprint density at radius 2 is 2.06 bits per heavy atom. The topological polar surface area (TPSA) is 35.9 Å². The van der Waals surface area contributed by atoms with Crippen molar-refractivity contribution in [2.24, 2.45) is 10.9 Å². The van der Waals surface area contributed by atoms with Crippen LogP contribution >= 0.6 is 0 Å². The first-order valence-electron chi connectivity index (χ1n) is 6.48. The third-order valence-electron chi connectivity index (χ3n) is 3.41. The van der Waals surface area contributed by atoms with E-state index in [9.17, 15) is 4.79 Å². The molecule has 1 saturated heterocycles. The fourth-order valence-corrected chi connectivity index (χ4v) is 2.14. The molecule has 2 aliphatic heterocycles. The maximum Gasteiger partial charge on any atom is 0.235 e. The molecule has 0 saturated carbocycles. The van der Waals surface area contributed by atoms with Gasteiger partial charge in [0, 0.05) is 32.4 Å². The van der Waals surface area contributed by atoms with E-state index < -0.39 is 0 Å². The lowest BCUT2D eigenvalue weighted by Crippen LogP contribution is -2.49. The maximum atomic E-state index is 12.4. The summed E-state index contributed by atoms with van der Waals surface area (Å²) in [5.74, 6) is -0.0196. The van der Waals surface area contributed by atoms with Gasteiger partial charge in [0.2, 0.25) is 5.91 Å². The van der Waals surface area contributed by atoms with Gasteiger partial charge < -0.3 is 9.80 Å². The molecular formula is C14H21N3O. The van der Waals surface area contributed by atoms with Crippen molar-refractivity contribution >= 4 is 12.1 Å². The van der Waals surface area contributed by atoms with Crippen LogP contribution in [0.5, 0.6) is 0 Å². The molecule has 0 N–H and O–H groups in total. The van der Waals surface area contributed by atoms with Crippen LogP contribution in [0.15, 0.2) is 28.8 Å². The van der Waals surface area contributed by atoms with Gasteiger partial charge in [-0.2, -0.15) is 0 Å². The minimum atomic E-state index is -0.197. The molecule has 1 amide bonds. The van der Waals surface area contributed by atoms with Crippen molar-refractivity contribution in [1.82, 2.24) is 9.80 Å². The summed E-state index contributed by atoms with van der Waals surface area (Å²) < 4.78 is 0. The van der Waals surface area contributed by atoms with Crippen molar-refractivity contribution in [3.05, 3.63) is 23.8 Å². The normalized spacial score (nSPS) is 30.2. The highest BCUT2D eigenvalue weighted by molar-refractivity contribution is 5.95. The van der Waals surface area contributed by atoms with E-state index in [1.165, 1.54) is 5.57 Å². The van der Waals surface area contributed by atoms with Gasteiger partial charge in [-0.3, -0.25) is 9.79 Å². The number of amides is 1. The first-order valence-corrected chi connectivity index (χ1v) is 6.48. The molecule has 2 rings (SSSR count). The zero-order valence-corrected chi connectivity index (χ0v) is 11.2. The monoisotopic (exact) mass is 247 g/mol. The van der Waals surface area contributed by atoms with Crippen molar-refractivity contribution in [3.8, 4) is 0 Å². The van der Waals surface area contributed by atoms with Crippen LogP contribution in [0.2, 0.25) is 0 Å². The van der Waals surface area contributed by atoms with Gasteiger partial charge in [0.25, 0.3) is 0 Å². The number of hydrogen-bond acceptors (Lipinski definition) is 3. The predicted octanol–water partition coefficient (Wildman–Crippen LogP) is 0.964. The minimum absolute atomic E-state index is 0.177. The van der Waals surface area contributed by atoms with Gasteiger partial charge in [0.1, 0.15) is 0 Å². The molecule has 1 unspecified atom stereocenters. The smallest absolute Gasteiger partial charge is 0.235 e. The number of piperazine rings is 1. The number of rotatable bonds is 1. The van der Waals surface area contributed by atoms with Crippen LogP contribution < -0.4 is 0 Å². The minimum Gasteiger partial charge on any atom is -0.339 e. The third-order valence-corrected chi connectivity index (χ3v) is 3.41. The molecule has 1 fully saturated rings. The molecule has 98 valence electrons. The second-order valence-electron chi connectivity index (χ2n) is 5.04. The predicted molar refractivity (Wildman–Crippen MR) is 73.8 cm³/mol. The summed E-state index contributed by atoms with van der Waals surface area (Å²) in [5.41, 5.74) is 1.22. The second-order valence-corrected chi connectivity index (χ2v) is 5.04. The maximum absolute atomic E-state index is 12.4. The Morgan fingerprint density at radius 1 is 1.33 bits per heavy atom. The fourth-order valence-electron chi connectivity index (χ4n) is 2.14. The first kappa shape index (κ1) is 13.0. The zero-order valence-electron chi connectivity index (χ0n) is 11.2. The molecule has 2 aliphatic rings. The Hall–Kier alpha value is -1.42. The summed E-state index contributed by atoms with van der Waals surface area (Å²) in [5, 5.41) is 0. The van der Waals surface area contributed by atoms with Gasteiger partial charge in [0.05, 0.1) is 12.5 Å². The SMILES string of the molecule is C/C1=C/C=CC(C(=O)N2CCN(C)CC2)/C=N\C1. The van der Waals surface area contributed by atoms with Gasteiger partial charge in [-0.15, -0.1) is 0 Å². The molecule has 0 aromatic carbocycles. The van der Waals surface area contributed by atoms with Crippen molar-refractivity contribution in [1.29, 1.82) is 0 Å². The van der Waals surface area contributed by atoms with E-state index in [2.05, 4.69) is 16.9 Å². The van der Waals surface area contributed by atoms with Gasteiger partial charge >= 0.3 is 0 Å². The molecule has 0 aliphatic carbocycles. The largest absolute Gasteiger partial charge is 0.339 e. The van der Waals surface area contributed by atoms with Crippen molar-refractivity contribution in [3.63, 3.8) is 0 Å². The van der Waals surface area contributed by atoms with Crippen molar-refractivity contribution in [2.75, 3.05) is 39.8 Å². The number of hydrogen-bond donors (Lipinski definition) is 0. The van der Waals surface area contributed by atoms with E-state index >= 15 is 0 Å². The Balaban J connectivity index is 2.00. The summed E-state index contributed by atoms with van der Waals surface area (Å²) in [6, 6.07) is 0. The van der Waals surface area contributed by atoms with Gasteiger partial charge in [-0.1, -0.05) is 23.8 Å². The highest BCUT2D eigenvalue weighted by atomic mass is 16.2. The fraction of sp³-hybridized carbons (Fsp3) is 0.571. The molecule has 0 aromatic rings. The summed E-state index contributed by atoms with van der Waals surface area (Å²) >= 11 is 0. The summed E-state index contributed by atoms with van der Waals surface area (Å²) in [6.45, 7) is 6.29. The quantitative estimate of drug-likeness (QED) is 0.692. The molecule has 0 bridgehead atoms. The Morgan fingerprint density at radius 3 is 2.78 bits per heavy atom. The Labute approximate surface area is 109 Å². The van der Waals surface area contributed by atoms with E-state index in [1.54, 1.807) is 6.21 Å². The van der Waals surface area contributed by atoms with E-state index in [0.29, 0.717) is 6.54 Å². The van der Waals surface area contributed by atoms with Crippen LogP contribution in [0.3, 0.4) is 0 Å². The number of allylic oxidation sites excluding steroid dienone is 2. The number of nitrogens with zero attached hydrogens (tertiary/aromatic N) is 3. The lowest BCUT2D eigenvalue weighted by molar-refractivity contribution is -0.133. The van der Waals surface area contributed by atoms with E-state index in [-0.39, 0.29) is 11.8 Å². The highest BCUT2D eigenvalue weighted by Gasteiger charge is 2.23. The molecular weight excluding hydrogens is 226 g/mol. The zero-order chi connectivity index (χ0) is 13.0. The molecule has 4 heteroatoms. The van der Waals surface area contributed by atoms with Crippen LogP contribution in [0.1, 0.15) is 6.92 Å². The molecule has 0 aromatic heterocycles. The number of aliphatic imine (C=N–C) groups is 1. The highest BCUT2D eigenvalue weighted by Crippen LogP contribution is 2.09. The summed E-state index contributed by atoms with van der Waals surface area (Å²) in [6.07, 6.45) is 7.72. The first-order chi connectivity index (χ1) is 8.66. The number of carbonyl (C=O) groups excluding carboxylic acids is 1. The lowest BCUT2D eigenvalue weighted by Gasteiger charge is -2.33. The van der Waals surface area contributed by atoms with Crippen LogP contribution in [0.4, 0.5) is 0 Å². The van der Waals surface area contributed by atoms with Gasteiger partial charge in [-0.05, 0) is 14.0 Å². The number of carbonyl (C=O) groups is 1. The number of likely N-dealkylation sites (N-methyl/N-ethyl adjacent to an activating group) is 1. The molecule has 4 nitrogen and oxygen atoms in total. The lowest BCUT2D eigenvalue weighted by atomic mass is 10.1. The van der Waals surface area contributed by atoms with Crippen molar-refractivity contribution in [2.45, 2.75) is 6.92 Å². The molecule has 1 atom stereocenters. The molecule has 0 spiro atoms. The van der Waals surface area contributed by atoms with Crippen LogP contribution in [0, 0.1) is 5.92 Å². The van der Waals surface area contributed by atoms with Gasteiger partial charge in [-0.25, -0.2) is 0 Å². The standard InChI is InChI=1S/C14H21N3O/c1-12-4-3-5-13(11-15-10-12)14(18)17-8-6-16(2)7-9-17/h3-5,11,13H,6-10H2,1-2H3/b5-3?,12-4-,15-11-. The van der Waals surface area contributed by atoms with Crippen LogP contribution in [-0.4, -0.2) is 61.7 Å². The van der Waals surface area contributed by atoms with Crippen LogP contribution in [0.25, 0.3) is 0 Å². The third kappa shape index (κ3) is 3.29. The average Bonchev–Trinajstić information content (AvgIpc) is 2.34. The summed E-state index contributed by atoms with van der Waals surface area (Å²) in [4.78, 5) is 20.9. The van der Waals surface area contributed by atoms with E-state index in [4.69, 9.17) is 0 Å². The molecule has 2 heterocycles. The second kappa shape index (κ2) is 5.96. The van der Waals surface area contributed by atoms with E-state index in [0.717, 1.165) is 26.2 Å². The summed E-state index contributed by atoms with van der Waals surface area (Å²) in [7, 11) is 2.09. The van der Waals surface area contributed by atoms with E-state index in [1.807, 2.05) is 30.1 Å². The Kier molecular flexibility index (Phi) is 4.31. The van der Waals surface area contributed by atoms with Gasteiger partial charge in [0.15, 0.2) is 0 Å². The molecule has 0 radical (unpaired) electrons. The average molecular weight is 247 g/mol.